The van der Waals surface area contributed by atoms with Crippen molar-refractivity contribution in [2.75, 3.05) is 11.9 Å². The zero-order chi connectivity index (χ0) is 20.6. The number of hydrogen-bond donors (Lipinski definition) is 3. The molecule has 1 aromatic heterocycles. The molecule has 6 heteroatoms. The van der Waals surface area contributed by atoms with Crippen LogP contribution in [0.2, 0.25) is 0 Å². The van der Waals surface area contributed by atoms with Crippen LogP contribution in [-0.2, 0) is 11.2 Å². The first-order valence-electron chi connectivity index (χ1n) is 9.72. The van der Waals surface area contributed by atoms with Crippen molar-refractivity contribution in [3.05, 3.63) is 87.6 Å². The third kappa shape index (κ3) is 5.76. The molecule has 0 aliphatic carbocycles. The van der Waals surface area contributed by atoms with Crippen LogP contribution in [0.15, 0.2) is 66.0 Å². The van der Waals surface area contributed by atoms with E-state index in [0.29, 0.717) is 11.3 Å². The van der Waals surface area contributed by atoms with Crippen LogP contribution in [0.3, 0.4) is 0 Å². The number of primary amides is 1. The normalized spacial score (nSPS) is 11.8. The lowest BCUT2D eigenvalue weighted by atomic mass is 10.0. The van der Waals surface area contributed by atoms with Gasteiger partial charge in [-0.3, -0.25) is 9.59 Å². The van der Waals surface area contributed by atoms with Gasteiger partial charge in [0.15, 0.2) is 6.54 Å². The molecule has 0 saturated carbocycles. The molecule has 0 spiro atoms. The summed E-state index contributed by atoms with van der Waals surface area (Å²) in [4.78, 5) is 24.8. The van der Waals surface area contributed by atoms with Gasteiger partial charge in [0.2, 0.25) is 5.91 Å². The molecule has 29 heavy (non-hydrogen) atoms. The van der Waals surface area contributed by atoms with Crippen LogP contribution < -0.4 is 16.4 Å². The van der Waals surface area contributed by atoms with E-state index in [0.717, 1.165) is 12.8 Å². The molecule has 0 bridgehead atoms. The number of nitrogens with one attached hydrogen (secondary N) is 1. The van der Waals surface area contributed by atoms with E-state index in [1.807, 2.05) is 11.4 Å². The lowest BCUT2D eigenvalue weighted by Crippen LogP contribution is -2.87. The maximum atomic E-state index is 12.4. The van der Waals surface area contributed by atoms with Crippen molar-refractivity contribution in [1.82, 2.24) is 0 Å². The highest BCUT2D eigenvalue weighted by molar-refractivity contribution is 7.10. The maximum absolute atomic E-state index is 12.4. The molecule has 0 radical (unpaired) electrons. The monoisotopic (exact) mass is 408 g/mol. The second-order valence-corrected chi connectivity index (χ2v) is 7.89. The number of anilines is 1. The SMILES string of the molecule is CCCc1ccc([C@H]([NH2+]CC(=O)Nc2ccc(C(N)=O)cc2)c2cccs2)cc1. The number of nitrogens with two attached hydrogens (primary N) is 2. The largest absolute Gasteiger partial charge is 0.366 e. The summed E-state index contributed by atoms with van der Waals surface area (Å²) in [5, 5.41) is 6.97. The molecule has 3 rings (SSSR count). The number of hydrogen-bond acceptors (Lipinski definition) is 3. The van der Waals surface area contributed by atoms with Gasteiger partial charge >= 0.3 is 0 Å². The summed E-state index contributed by atoms with van der Waals surface area (Å²) in [6.45, 7) is 2.47. The number of carbonyl (C=O) groups excluding carboxylic acids is 2. The van der Waals surface area contributed by atoms with Crippen LogP contribution >= 0.6 is 11.3 Å². The number of amides is 2. The smallest absolute Gasteiger partial charge is 0.279 e. The first-order valence-corrected chi connectivity index (χ1v) is 10.6. The number of quaternary nitrogens is 1. The predicted molar refractivity (Wildman–Crippen MR) is 117 cm³/mol. The summed E-state index contributed by atoms with van der Waals surface area (Å²) in [5.41, 5.74) is 8.82. The molecule has 0 fully saturated rings. The van der Waals surface area contributed by atoms with E-state index < -0.39 is 5.91 Å². The first-order chi connectivity index (χ1) is 14.1. The Bertz CT molecular complexity index is 935. The molecule has 1 atom stereocenters. The van der Waals surface area contributed by atoms with Gasteiger partial charge in [-0.15, -0.1) is 11.3 Å². The minimum atomic E-state index is -0.486. The number of thiophene rings is 1. The van der Waals surface area contributed by atoms with Crippen molar-refractivity contribution in [2.45, 2.75) is 25.8 Å². The second kappa shape index (κ2) is 10.0. The second-order valence-electron chi connectivity index (χ2n) is 6.91. The zero-order valence-corrected chi connectivity index (χ0v) is 17.2. The molecule has 150 valence electrons. The lowest BCUT2D eigenvalue weighted by Gasteiger charge is -2.15. The fraction of sp³-hybridized carbons (Fsp3) is 0.217. The molecule has 2 amide bonds. The van der Waals surface area contributed by atoms with Crippen LogP contribution in [-0.4, -0.2) is 18.4 Å². The Morgan fingerprint density at radius 1 is 1.07 bits per heavy atom. The van der Waals surface area contributed by atoms with Crippen LogP contribution in [0.5, 0.6) is 0 Å². The minimum Gasteiger partial charge on any atom is -0.366 e. The van der Waals surface area contributed by atoms with Gasteiger partial charge < -0.3 is 16.4 Å². The molecule has 5 nitrogen and oxygen atoms in total. The van der Waals surface area contributed by atoms with E-state index in [1.165, 1.54) is 16.0 Å². The van der Waals surface area contributed by atoms with Gasteiger partial charge in [-0.25, -0.2) is 0 Å². The first kappa shape index (κ1) is 20.8. The van der Waals surface area contributed by atoms with Crippen molar-refractivity contribution >= 4 is 28.8 Å². The number of aryl methyl sites for hydroxylation is 1. The summed E-state index contributed by atoms with van der Waals surface area (Å²) in [7, 11) is 0. The van der Waals surface area contributed by atoms with Crippen LogP contribution in [0.25, 0.3) is 0 Å². The summed E-state index contributed by atoms with van der Waals surface area (Å²) in [6.07, 6.45) is 2.20. The van der Waals surface area contributed by atoms with Crippen LogP contribution in [0, 0.1) is 0 Å². The van der Waals surface area contributed by atoms with E-state index >= 15 is 0 Å². The average molecular weight is 409 g/mol. The van der Waals surface area contributed by atoms with Gasteiger partial charge in [0.1, 0.15) is 6.04 Å². The van der Waals surface area contributed by atoms with Gasteiger partial charge in [0.25, 0.3) is 5.91 Å². The van der Waals surface area contributed by atoms with E-state index in [-0.39, 0.29) is 18.5 Å². The third-order valence-corrected chi connectivity index (χ3v) is 5.67. The van der Waals surface area contributed by atoms with E-state index in [1.54, 1.807) is 35.6 Å². The van der Waals surface area contributed by atoms with Gasteiger partial charge in [-0.05, 0) is 47.7 Å². The minimum absolute atomic E-state index is 0.0775. The maximum Gasteiger partial charge on any atom is 0.279 e. The number of carbonyl (C=O) groups is 2. The highest BCUT2D eigenvalue weighted by Gasteiger charge is 2.20. The fourth-order valence-electron chi connectivity index (χ4n) is 3.22. The average Bonchev–Trinajstić information content (AvgIpc) is 3.24. The van der Waals surface area contributed by atoms with Crippen LogP contribution in [0.4, 0.5) is 5.69 Å². The Hall–Kier alpha value is -2.96. The Morgan fingerprint density at radius 2 is 1.79 bits per heavy atom. The van der Waals surface area contributed by atoms with Crippen LogP contribution in [0.1, 0.15) is 45.7 Å². The summed E-state index contributed by atoms with van der Waals surface area (Å²) >= 11 is 1.69. The lowest BCUT2D eigenvalue weighted by molar-refractivity contribution is -0.675. The summed E-state index contributed by atoms with van der Waals surface area (Å²) in [5.74, 6) is -0.582. The third-order valence-electron chi connectivity index (χ3n) is 4.72. The van der Waals surface area contributed by atoms with Gasteiger partial charge in [0, 0.05) is 16.8 Å². The van der Waals surface area contributed by atoms with Gasteiger partial charge in [0.05, 0.1) is 4.88 Å². The Morgan fingerprint density at radius 3 is 2.38 bits per heavy atom. The van der Waals surface area contributed by atoms with E-state index in [2.05, 4.69) is 48.0 Å². The predicted octanol–water partition coefficient (Wildman–Crippen LogP) is 3.09. The number of rotatable bonds is 9. The standard InChI is InChI=1S/C23H25N3O2S/c1-2-4-16-6-8-17(9-7-16)22(20-5-3-14-29-20)25-15-21(27)26-19-12-10-18(11-13-19)23(24)28/h3,5-14,22,25H,2,4,15H2,1H3,(H2,24,28)(H,26,27)/p+1/t22-/m0/s1. The van der Waals surface area contributed by atoms with E-state index in [4.69, 9.17) is 5.73 Å². The van der Waals surface area contributed by atoms with Crippen molar-refractivity contribution in [1.29, 1.82) is 0 Å². The zero-order valence-electron chi connectivity index (χ0n) is 16.4. The molecular weight excluding hydrogens is 382 g/mol. The highest BCUT2D eigenvalue weighted by Crippen LogP contribution is 2.23. The van der Waals surface area contributed by atoms with Crippen molar-refractivity contribution in [2.24, 2.45) is 5.73 Å². The molecule has 0 aliphatic heterocycles. The molecule has 3 aromatic rings. The van der Waals surface area contributed by atoms with Crippen molar-refractivity contribution < 1.29 is 14.9 Å². The van der Waals surface area contributed by atoms with Crippen molar-refractivity contribution in [3.63, 3.8) is 0 Å². The highest BCUT2D eigenvalue weighted by atomic mass is 32.1. The Labute approximate surface area is 175 Å². The molecular formula is C23H26N3O2S+. The van der Waals surface area contributed by atoms with Gasteiger partial charge in [-0.2, -0.15) is 0 Å². The molecule has 0 unspecified atom stereocenters. The molecule has 0 saturated heterocycles. The van der Waals surface area contributed by atoms with Crippen molar-refractivity contribution in [3.8, 4) is 0 Å². The molecule has 1 heterocycles. The summed E-state index contributed by atoms with van der Waals surface area (Å²) in [6, 6.07) is 19.5. The molecule has 2 aromatic carbocycles. The quantitative estimate of drug-likeness (QED) is 0.508. The van der Waals surface area contributed by atoms with E-state index in [9.17, 15) is 9.59 Å². The number of benzene rings is 2. The molecule has 5 N–H and O–H groups in total. The Balaban J connectivity index is 1.65. The summed E-state index contributed by atoms with van der Waals surface area (Å²) < 4.78 is 0. The van der Waals surface area contributed by atoms with Gasteiger partial charge in [-0.1, -0.05) is 43.7 Å². The fourth-order valence-corrected chi connectivity index (χ4v) is 4.07. The Kier molecular flexibility index (Phi) is 7.16. The topological polar surface area (TPSA) is 88.8 Å². The molecule has 0 aliphatic rings.